The number of rotatable bonds is 6. The predicted octanol–water partition coefficient (Wildman–Crippen LogP) is 2.86. The minimum atomic E-state index is -0.105. The van der Waals surface area contributed by atoms with E-state index in [9.17, 15) is 4.79 Å². The van der Waals surface area contributed by atoms with Crippen molar-refractivity contribution in [3.63, 3.8) is 0 Å². The smallest absolute Gasteiger partial charge is 0.256 e. The fraction of sp³-hybridized carbons (Fsp3) is 0.667. The quantitative estimate of drug-likeness (QED) is 0.819. The van der Waals surface area contributed by atoms with E-state index in [0.29, 0.717) is 24.6 Å². The van der Waals surface area contributed by atoms with Gasteiger partial charge in [-0.25, -0.2) is 4.98 Å². The molecule has 0 aromatic carbocycles. The molecule has 1 aromatic rings. The second kappa shape index (κ2) is 8.29. The molecular formula is C18H29N3O2. The van der Waals surface area contributed by atoms with Gasteiger partial charge in [0.15, 0.2) is 0 Å². The molecule has 0 saturated heterocycles. The van der Waals surface area contributed by atoms with Crippen LogP contribution in [-0.4, -0.2) is 48.6 Å². The summed E-state index contributed by atoms with van der Waals surface area (Å²) in [6, 6.07) is 3.54. The molecule has 23 heavy (non-hydrogen) atoms. The lowest BCUT2D eigenvalue weighted by Crippen LogP contribution is -2.52. The molecule has 2 rings (SSSR count). The lowest BCUT2D eigenvalue weighted by molar-refractivity contribution is 0.0865. The van der Waals surface area contributed by atoms with Crippen LogP contribution in [0.1, 0.15) is 55.8 Å². The molecule has 0 bridgehead atoms. The number of pyridine rings is 1. The van der Waals surface area contributed by atoms with Crippen LogP contribution in [0.5, 0.6) is 5.88 Å². The van der Waals surface area contributed by atoms with E-state index >= 15 is 0 Å². The summed E-state index contributed by atoms with van der Waals surface area (Å²) in [6.45, 7) is 3.06. The molecule has 1 heterocycles. The van der Waals surface area contributed by atoms with Gasteiger partial charge in [0, 0.05) is 18.3 Å². The molecule has 1 aliphatic carbocycles. The Labute approximate surface area is 139 Å². The van der Waals surface area contributed by atoms with Crippen molar-refractivity contribution in [2.75, 3.05) is 27.2 Å². The van der Waals surface area contributed by atoms with Crippen LogP contribution < -0.4 is 10.1 Å². The maximum atomic E-state index is 12.6. The third-order valence-electron chi connectivity index (χ3n) is 4.86. The first-order valence-corrected chi connectivity index (χ1v) is 8.62. The summed E-state index contributed by atoms with van der Waals surface area (Å²) in [6.07, 6.45) is 8.95. The van der Waals surface area contributed by atoms with Crippen LogP contribution in [0.25, 0.3) is 0 Å². The number of hydrogen-bond donors (Lipinski definition) is 1. The Balaban J connectivity index is 2.07. The predicted molar refractivity (Wildman–Crippen MR) is 91.9 cm³/mol. The highest BCUT2D eigenvalue weighted by Gasteiger charge is 2.33. The summed E-state index contributed by atoms with van der Waals surface area (Å²) in [4.78, 5) is 19.0. The lowest BCUT2D eigenvalue weighted by atomic mass is 9.88. The van der Waals surface area contributed by atoms with Crippen LogP contribution in [0.3, 0.4) is 0 Å². The number of ether oxygens (including phenoxy) is 1. The van der Waals surface area contributed by atoms with Gasteiger partial charge >= 0.3 is 0 Å². The fourth-order valence-corrected chi connectivity index (χ4v) is 3.32. The van der Waals surface area contributed by atoms with Crippen LogP contribution in [-0.2, 0) is 0 Å². The first-order valence-electron chi connectivity index (χ1n) is 8.62. The second-order valence-electron chi connectivity index (χ2n) is 6.50. The number of carbonyl (C=O) groups excluding carboxylic acids is 1. The molecule has 1 aromatic heterocycles. The summed E-state index contributed by atoms with van der Waals surface area (Å²) in [5.74, 6) is 0.305. The van der Waals surface area contributed by atoms with Crippen molar-refractivity contribution in [1.29, 1.82) is 0 Å². The van der Waals surface area contributed by atoms with Crippen LogP contribution in [0.4, 0.5) is 0 Å². The van der Waals surface area contributed by atoms with Gasteiger partial charge in [0.05, 0.1) is 6.61 Å². The fourth-order valence-electron chi connectivity index (χ4n) is 3.32. The monoisotopic (exact) mass is 319 g/mol. The van der Waals surface area contributed by atoms with Crippen LogP contribution in [0.2, 0.25) is 0 Å². The van der Waals surface area contributed by atoms with Crippen molar-refractivity contribution in [3.8, 4) is 5.88 Å². The Kier molecular flexibility index (Phi) is 6.39. The minimum Gasteiger partial charge on any atom is -0.477 e. The average Bonchev–Trinajstić information content (AvgIpc) is 2.80. The molecule has 1 amide bonds. The van der Waals surface area contributed by atoms with Gasteiger partial charge in [-0.1, -0.05) is 25.7 Å². The van der Waals surface area contributed by atoms with Crippen molar-refractivity contribution in [1.82, 2.24) is 15.2 Å². The standard InChI is InChI=1S/C18H29N3O2/c1-4-23-17-15(10-9-13-19-17)16(22)20-14-18(21(2)3)11-7-5-6-8-12-18/h9-10,13H,4-8,11-12,14H2,1-3H3,(H,20,22). The van der Waals surface area contributed by atoms with Gasteiger partial charge in [-0.15, -0.1) is 0 Å². The Hall–Kier alpha value is -1.62. The molecule has 5 heteroatoms. The van der Waals surface area contributed by atoms with Gasteiger partial charge in [-0.05, 0) is 46.0 Å². The van der Waals surface area contributed by atoms with E-state index in [1.165, 1.54) is 25.7 Å². The number of amides is 1. The van der Waals surface area contributed by atoms with E-state index < -0.39 is 0 Å². The number of carbonyl (C=O) groups is 1. The van der Waals surface area contributed by atoms with Crippen LogP contribution >= 0.6 is 0 Å². The van der Waals surface area contributed by atoms with Gasteiger partial charge in [0.2, 0.25) is 5.88 Å². The highest BCUT2D eigenvalue weighted by molar-refractivity contribution is 5.96. The summed E-state index contributed by atoms with van der Waals surface area (Å²) in [7, 11) is 4.24. The third-order valence-corrected chi connectivity index (χ3v) is 4.86. The van der Waals surface area contributed by atoms with E-state index in [4.69, 9.17) is 4.74 Å². The first-order chi connectivity index (χ1) is 11.1. The Morgan fingerprint density at radius 3 is 2.61 bits per heavy atom. The number of hydrogen-bond acceptors (Lipinski definition) is 4. The average molecular weight is 319 g/mol. The van der Waals surface area contributed by atoms with Crippen molar-refractivity contribution in [2.45, 2.75) is 51.0 Å². The molecule has 1 aliphatic rings. The van der Waals surface area contributed by atoms with Crippen molar-refractivity contribution in [2.24, 2.45) is 0 Å². The van der Waals surface area contributed by atoms with Crippen molar-refractivity contribution < 1.29 is 9.53 Å². The highest BCUT2D eigenvalue weighted by Crippen LogP contribution is 2.30. The molecule has 0 radical (unpaired) electrons. The normalized spacial score (nSPS) is 17.6. The van der Waals surface area contributed by atoms with Gasteiger partial charge in [-0.2, -0.15) is 0 Å². The molecule has 1 saturated carbocycles. The molecule has 0 spiro atoms. The minimum absolute atomic E-state index is 0.0557. The molecule has 0 unspecified atom stereocenters. The molecule has 1 N–H and O–H groups in total. The number of nitrogens with zero attached hydrogens (tertiary/aromatic N) is 2. The topological polar surface area (TPSA) is 54.5 Å². The number of aromatic nitrogens is 1. The molecule has 0 atom stereocenters. The van der Waals surface area contributed by atoms with E-state index in [1.54, 1.807) is 18.3 Å². The maximum absolute atomic E-state index is 12.6. The Bertz CT molecular complexity index is 509. The summed E-state index contributed by atoms with van der Waals surface area (Å²) in [5, 5.41) is 3.12. The van der Waals surface area contributed by atoms with Crippen molar-refractivity contribution >= 4 is 5.91 Å². The van der Waals surface area contributed by atoms with Gasteiger partial charge < -0.3 is 15.0 Å². The SMILES string of the molecule is CCOc1ncccc1C(=O)NCC1(N(C)C)CCCCCC1. The van der Waals surface area contributed by atoms with Gasteiger partial charge in [0.1, 0.15) is 5.56 Å². The van der Waals surface area contributed by atoms with Crippen LogP contribution in [0, 0.1) is 0 Å². The molecule has 5 nitrogen and oxygen atoms in total. The van der Waals surface area contributed by atoms with E-state index in [-0.39, 0.29) is 11.4 Å². The summed E-state index contributed by atoms with van der Waals surface area (Å²) < 4.78 is 5.46. The summed E-state index contributed by atoms with van der Waals surface area (Å²) in [5.41, 5.74) is 0.567. The Morgan fingerprint density at radius 1 is 1.30 bits per heavy atom. The molecule has 128 valence electrons. The van der Waals surface area contributed by atoms with Gasteiger partial charge in [-0.3, -0.25) is 4.79 Å². The highest BCUT2D eigenvalue weighted by atomic mass is 16.5. The molecular weight excluding hydrogens is 290 g/mol. The maximum Gasteiger partial charge on any atom is 0.256 e. The zero-order chi connectivity index (χ0) is 16.7. The van der Waals surface area contributed by atoms with E-state index in [1.807, 2.05) is 6.92 Å². The zero-order valence-electron chi connectivity index (χ0n) is 14.6. The lowest BCUT2D eigenvalue weighted by Gasteiger charge is -2.39. The largest absolute Gasteiger partial charge is 0.477 e. The first kappa shape index (κ1) is 17.7. The third kappa shape index (κ3) is 4.44. The van der Waals surface area contributed by atoms with E-state index in [0.717, 1.165) is 12.8 Å². The number of likely N-dealkylation sites (N-methyl/N-ethyl adjacent to an activating group) is 1. The van der Waals surface area contributed by atoms with Crippen LogP contribution in [0.15, 0.2) is 18.3 Å². The number of nitrogens with one attached hydrogen (secondary N) is 1. The van der Waals surface area contributed by atoms with E-state index in [2.05, 4.69) is 29.3 Å². The summed E-state index contributed by atoms with van der Waals surface area (Å²) >= 11 is 0. The molecule has 0 aliphatic heterocycles. The Morgan fingerprint density at radius 2 is 2.00 bits per heavy atom. The molecule has 1 fully saturated rings. The van der Waals surface area contributed by atoms with Crippen molar-refractivity contribution in [3.05, 3.63) is 23.9 Å². The van der Waals surface area contributed by atoms with Gasteiger partial charge in [0.25, 0.3) is 5.91 Å². The second-order valence-corrected chi connectivity index (χ2v) is 6.50. The zero-order valence-corrected chi connectivity index (χ0v) is 14.6.